The summed E-state index contributed by atoms with van der Waals surface area (Å²) in [6.45, 7) is 3.99. The molecule has 4 aromatic rings. The summed E-state index contributed by atoms with van der Waals surface area (Å²) < 4.78 is 16.5. The first-order valence-corrected chi connectivity index (χ1v) is 12.0. The summed E-state index contributed by atoms with van der Waals surface area (Å²) in [7, 11) is 3.21. The molecular formula is C29H28N4O4. The van der Waals surface area contributed by atoms with Gasteiger partial charge in [-0.3, -0.25) is 4.90 Å². The minimum Gasteiger partial charge on any atom is -0.497 e. The first-order valence-electron chi connectivity index (χ1n) is 12.0. The van der Waals surface area contributed by atoms with Gasteiger partial charge in [0.05, 0.1) is 31.5 Å². The molecule has 0 fully saturated rings. The van der Waals surface area contributed by atoms with Gasteiger partial charge in [0, 0.05) is 17.3 Å². The Hall–Kier alpha value is -4.59. The number of allylic oxidation sites excluding steroid dienone is 1. The zero-order chi connectivity index (χ0) is 25.9. The minimum absolute atomic E-state index is 0.273. The van der Waals surface area contributed by atoms with Gasteiger partial charge in [0.2, 0.25) is 5.82 Å². The van der Waals surface area contributed by atoms with Crippen LogP contribution in [0, 0.1) is 0 Å². The molecule has 0 bridgehead atoms. The number of nitrogens with zero attached hydrogens (tertiary/aromatic N) is 3. The van der Waals surface area contributed by atoms with Crippen LogP contribution in [0.2, 0.25) is 0 Å². The Morgan fingerprint density at radius 1 is 0.973 bits per heavy atom. The highest BCUT2D eigenvalue weighted by atomic mass is 16.5. The molecule has 0 radical (unpaired) electrons. The zero-order valence-corrected chi connectivity index (χ0v) is 21.2. The van der Waals surface area contributed by atoms with Gasteiger partial charge in [-0.15, -0.1) is 0 Å². The normalized spacial score (nSPS) is 15.5. The Morgan fingerprint density at radius 3 is 2.38 bits per heavy atom. The number of amides is 2. The van der Waals surface area contributed by atoms with E-state index in [1.54, 1.807) is 19.1 Å². The van der Waals surface area contributed by atoms with E-state index in [0.29, 0.717) is 34.4 Å². The monoisotopic (exact) mass is 496 g/mol. The average molecular weight is 497 g/mol. The molecule has 8 nitrogen and oxygen atoms in total. The third kappa shape index (κ3) is 4.65. The number of urea groups is 1. The van der Waals surface area contributed by atoms with Crippen LogP contribution in [0.1, 0.15) is 36.9 Å². The van der Waals surface area contributed by atoms with Crippen LogP contribution in [0.5, 0.6) is 11.5 Å². The molecule has 1 aromatic heterocycles. The Kier molecular flexibility index (Phi) is 6.64. The van der Waals surface area contributed by atoms with E-state index in [1.807, 2.05) is 67.6 Å². The van der Waals surface area contributed by atoms with Crippen LogP contribution in [0.15, 0.2) is 83.0 Å². The molecular weight excluding hydrogens is 468 g/mol. The minimum atomic E-state index is -0.504. The molecule has 0 saturated heterocycles. The van der Waals surface area contributed by atoms with Crippen LogP contribution in [0.3, 0.4) is 0 Å². The third-order valence-electron chi connectivity index (χ3n) is 6.52. The van der Waals surface area contributed by atoms with Crippen LogP contribution in [0.4, 0.5) is 10.5 Å². The van der Waals surface area contributed by atoms with Crippen molar-refractivity contribution >= 4 is 17.3 Å². The summed E-state index contributed by atoms with van der Waals surface area (Å²) in [5.41, 5.74) is 4.99. The topological polar surface area (TPSA) is 89.7 Å². The molecule has 1 aliphatic rings. The molecule has 2 amide bonds. The second kappa shape index (κ2) is 10.2. The second-order valence-corrected chi connectivity index (χ2v) is 8.67. The number of hydrogen-bond donors (Lipinski definition) is 1. The van der Waals surface area contributed by atoms with E-state index in [1.165, 1.54) is 5.56 Å². The smallest absolute Gasteiger partial charge is 0.327 e. The van der Waals surface area contributed by atoms with Crippen molar-refractivity contribution in [3.8, 4) is 22.9 Å². The summed E-state index contributed by atoms with van der Waals surface area (Å²) in [4.78, 5) is 19.8. The van der Waals surface area contributed by atoms with Crippen molar-refractivity contribution in [3.63, 3.8) is 0 Å². The van der Waals surface area contributed by atoms with Gasteiger partial charge in [0.1, 0.15) is 11.5 Å². The lowest BCUT2D eigenvalue weighted by Crippen LogP contribution is -2.46. The van der Waals surface area contributed by atoms with Gasteiger partial charge in [-0.1, -0.05) is 54.5 Å². The maximum Gasteiger partial charge on any atom is 0.327 e. The van der Waals surface area contributed by atoms with Crippen molar-refractivity contribution in [2.24, 2.45) is 0 Å². The summed E-state index contributed by atoms with van der Waals surface area (Å²) in [6.07, 6.45) is 0.952. The first kappa shape index (κ1) is 24.1. The fourth-order valence-electron chi connectivity index (χ4n) is 4.47. The summed E-state index contributed by atoms with van der Waals surface area (Å²) in [5, 5.41) is 7.38. The quantitative estimate of drug-likeness (QED) is 0.337. The Morgan fingerprint density at radius 2 is 1.70 bits per heavy atom. The molecule has 1 atom stereocenters. The number of methoxy groups -OCH3 is 2. The number of aromatic nitrogens is 2. The number of benzene rings is 3. The molecule has 1 N–H and O–H groups in total. The number of carbonyl (C=O) groups excluding carboxylic acids is 1. The number of nitrogens with one attached hydrogen (secondary N) is 1. The van der Waals surface area contributed by atoms with Crippen molar-refractivity contribution in [3.05, 3.63) is 95.5 Å². The molecule has 1 unspecified atom stereocenters. The van der Waals surface area contributed by atoms with E-state index >= 15 is 0 Å². The van der Waals surface area contributed by atoms with Gasteiger partial charge in [-0.25, -0.2) is 4.79 Å². The van der Waals surface area contributed by atoms with E-state index in [0.717, 1.165) is 23.3 Å². The molecule has 37 heavy (non-hydrogen) atoms. The summed E-state index contributed by atoms with van der Waals surface area (Å²) in [5.74, 6) is 2.19. The van der Waals surface area contributed by atoms with Crippen LogP contribution >= 0.6 is 0 Å². The number of ether oxygens (including phenoxy) is 2. The predicted octanol–water partition coefficient (Wildman–Crippen LogP) is 6.02. The predicted molar refractivity (Wildman–Crippen MR) is 141 cm³/mol. The van der Waals surface area contributed by atoms with Crippen LogP contribution in [0.25, 0.3) is 17.0 Å². The van der Waals surface area contributed by atoms with Gasteiger partial charge >= 0.3 is 6.03 Å². The molecule has 3 aromatic carbocycles. The molecule has 188 valence electrons. The second-order valence-electron chi connectivity index (χ2n) is 8.67. The summed E-state index contributed by atoms with van der Waals surface area (Å²) in [6, 6.07) is 22.2. The highest BCUT2D eigenvalue weighted by Gasteiger charge is 2.36. The highest BCUT2D eigenvalue weighted by Crippen LogP contribution is 2.40. The highest BCUT2D eigenvalue weighted by molar-refractivity contribution is 6.01. The number of hydrogen-bond acceptors (Lipinski definition) is 6. The Bertz CT molecular complexity index is 1440. The maximum absolute atomic E-state index is 13.4. The molecule has 0 aliphatic carbocycles. The number of anilines is 1. The molecule has 0 spiro atoms. The van der Waals surface area contributed by atoms with Gasteiger partial charge in [-0.05, 0) is 48.7 Å². The van der Waals surface area contributed by atoms with Crippen LogP contribution in [-0.4, -0.2) is 30.4 Å². The molecule has 5 rings (SSSR count). The number of carbonyl (C=O) groups is 1. The first-order chi connectivity index (χ1) is 18.0. The van der Waals surface area contributed by atoms with E-state index in [2.05, 4.69) is 29.5 Å². The lowest BCUT2D eigenvalue weighted by atomic mass is 9.94. The van der Waals surface area contributed by atoms with Gasteiger partial charge in [-0.2, -0.15) is 4.98 Å². The van der Waals surface area contributed by atoms with Crippen LogP contribution < -0.4 is 19.7 Å². The fraction of sp³-hybridized carbons (Fsp3) is 0.207. The largest absolute Gasteiger partial charge is 0.497 e. The number of rotatable bonds is 7. The zero-order valence-electron chi connectivity index (χ0n) is 21.2. The molecule has 0 saturated carbocycles. The standard InChI is InChI=1S/C29H28N4O4/c1-5-19-9-11-21(12-10-19)27-31-28(37-32-27)25-18(2)33(22-7-6-8-24(17-22)36-4)29(34)30-26(25)20-13-15-23(35-3)16-14-20/h6-17,26H,5H2,1-4H3,(H,30,34). The van der Waals surface area contributed by atoms with E-state index in [-0.39, 0.29) is 6.03 Å². The molecule has 2 heterocycles. The van der Waals surface area contributed by atoms with E-state index < -0.39 is 6.04 Å². The van der Waals surface area contributed by atoms with Gasteiger partial charge in [0.15, 0.2) is 0 Å². The fourth-order valence-corrected chi connectivity index (χ4v) is 4.47. The molecule has 1 aliphatic heterocycles. The average Bonchev–Trinajstić information content (AvgIpc) is 3.42. The van der Waals surface area contributed by atoms with E-state index in [4.69, 9.17) is 19.0 Å². The van der Waals surface area contributed by atoms with Gasteiger partial charge in [0.25, 0.3) is 5.89 Å². The SMILES string of the molecule is CCc1ccc(-c2noc(C3=C(C)N(c4cccc(OC)c4)C(=O)NC3c3ccc(OC)cc3)n2)cc1. The van der Waals surface area contributed by atoms with Crippen molar-refractivity contribution in [2.45, 2.75) is 26.3 Å². The van der Waals surface area contributed by atoms with Crippen molar-refractivity contribution in [1.82, 2.24) is 15.5 Å². The van der Waals surface area contributed by atoms with Crippen molar-refractivity contribution in [2.75, 3.05) is 19.1 Å². The number of aryl methyl sites for hydroxylation is 1. The molecule has 8 heteroatoms. The summed E-state index contributed by atoms with van der Waals surface area (Å²) >= 11 is 0. The van der Waals surface area contributed by atoms with E-state index in [9.17, 15) is 4.79 Å². The lowest BCUT2D eigenvalue weighted by Gasteiger charge is -2.35. The lowest BCUT2D eigenvalue weighted by molar-refractivity contribution is 0.244. The van der Waals surface area contributed by atoms with Crippen LogP contribution in [-0.2, 0) is 6.42 Å². The van der Waals surface area contributed by atoms with Crippen molar-refractivity contribution in [1.29, 1.82) is 0 Å². The van der Waals surface area contributed by atoms with Crippen molar-refractivity contribution < 1.29 is 18.8 Å². The maximum atomic E-state index is 13.4. The third-order valence-corrected chi connectivity index (χ3v) is 6.52. The Labute approximate surface area is 215 Å². The Balaban J connectivity index is 1.62. The van der Waals surface area contributed by atoms with Gasteiger partial charge < -0.3 is 19.3 Å².